The monoisotopic (exact) mass is 514 g/mol. The summed E-state index contributed by atoms with van der Waals surface area (Å²) in [5, 5.41) is 42.3. The molecule has 9 nitrogen and oxygen atoms in total. The van der Waals surface area contributed by atoms with Crippen LogP contribution in [0.2, 0.25) is 0 Å². The molecule has 13 atom stereocenters. The van der Waals surface area contributed by atoms with Crippen molar-refractivity contribution in [1.29, 1.82) is 0 Å². The lowest BCUT2D eigenvalue weighted by Crippen LogP contribution is -2.61. The Hall–Kier alpha value is -2.11. The molecule has 5 rings (SSSR count). The van der Waals surface area contributed by atoms with Crippen LogP contribution in [-0.2, 0) is 14.3 Å². The van der Waals surface area contributed by atoms with E-state index in [0.29, 0.717) is 6.54 Å². The van der Waals surface area contributed by atoms with Crippen LogP contribution in [0.4, 0.5) is 0 Å². The van der Waals surface area contributed by atoms with Crippen molar-refractivity contribution in [3.63, 3.8) is 0 Å². The van der Waals surface area contributed by atoms with Gasteiger partial charge in [0.05, 0.1) is 36.3 Å². The molecule has 1 amide bonds. The Morgan fingerprint density at radius 1 is 1.03 bits per heavy atom. The third-order valence-electron chi connectivity index (χ3n) is 8.67. The van der Waals surface area contributed by atoms with E-state index in [4.69, 9.17) is 15.2 Å². The predicted octanol–water partition coefficient (Wildman–Crippen LogP) is 0.0224. The first kappa shape index (κ1) is 26.5. The number of rotatable bonds is 2. The van der Waals surface area contributed by atoms with E-state index in [1.807, 2.05) is 66.5 Å². The molecule has 6 N–H and O–H groups in total. The quantitative estimate of drug-likeness (QED) is 0.324. The first-order chi connectivity index (χ1) is 17.6. The number of nitrogens with zero attached hydrogens (tertiary/aromatic N) is 1. The molecule has 5 aliphatic rings. The average molecular weight is 515 g/mol. The zero-order valence-corrected chi connectivity index (χ0v) is 21.2. The Morgan fingerprint density at radius 2 is 1.73 bits per heavy atom. The van der Waals surface area contributed by atoms with E-state index in [0.717, 1.165) is 0 Å². The molecule has 3 saturated heterocycles. The fraction of sp³-hybridized carbons (Fsp3) is 0.607. The summed E-state index contributed by atoms with van der Waals surface area (Å²) in [6.45, 7) is 4.12. The summed E-state index contributed by atoms with van der Waals surface area (Å²) in [6, 6.07) is -1.18. The lowest BCUT2D eigenvalue weighted by Gasteiger charge is -2.45. The highest BCUT2D eigenvalue weighted by Crippen LogP contribution is 2.42. The molecule has 3 fully saturated rings. The van der Waals surface area contributed by atoms with Crippen molar-refractivity contribution in [2.45, 2.75) is 62.2 Å². The van der Waals surface area contributed by atoms with Crippen LogP contribution in [0.3, 0.4) is 0 Å². The van der Waals surface area contributed by atoms with Crippen molar-refractivity contribution < 1.29 is 34.7 Å². The van der Waals surface area contributed by atoms with Gasteiger partial charge in [-0.05, 0) is 6.92 Å². The largest absolute Gasteiger partial charge is 0.391 e. The topological polar surface area (TPSA) is 146 Å². The number of carbonyl (C=O) groups is 1. The second-order valence-electron chi connectivity index (χ2n) is 11.2. The first-order valence-corrected chi connectivity index (χ1v) is 13.1. The third kappa shape index (κ3) is 4.67. The third-order valence-corrected chi connectivity index (χ3v) is 8.67. The van der Waals surface area contributed by atoms with E-state index >= 15 is 0 Å². The molecule has 0 radical (unpaired) electrons. The number of fused-ring (bicyclic) bond motifs is 4. The Morgan fingerprint density at radius 3 is 2.51 bits per heavy atom. The van der Waals surface area contributed by atoms with Crippen molar-refractivity contribution in [3.05, 3.63) is 60.8 Å². The molecule has 0 spiro atoms. The highest BCUT2D eigenvalue weighted by Gasteiger charge is 2.54. The maximum Gasteiger partial charge on any atom is 0.230 e. The molecular formula is C28H38N2O7. The van der Waals surface area contributed by atoms with E-state index in [1.165, 1.54) is 0 Å². The number of carbonyl (C=O) groups excluding carboxylic acids is 1. The molecule has 0 aromatic carbocycles. The molecule has 0 saturated carbocycles. The van der Waals surface area contributed by atoms with Gasteiger partial charge in [0.15, 0.2) is 6.29 Å². The minimum absolute atomic E-state index is 0.0313. The number of hydrogen-bond acceptors (Lipinski definition) is 8. The summed E-state index contributed by atoms with van der Waals surface area (Å²) in [4.78, 5) is 14.9. The maximum absolute atomic E-state index is 13.1. The standard InChI is InChI=1S/C28H38N2O7/c1-15-13-30-23(24(15)32)17-8-4-3-7-16-11-12-21(37-27-22(29)25(33)20(31)14-36-27)28(2,35)19(16)10-6-5-9-18(17)26(30)34/h3-12,15-25,27,31-33,35H,13-14,29H2,1-2H3/b7-3+,8-4+,9-5+,10-6+/t15-,16+,17+,18-,19-,20+,21-,22+,23+,24+,25-,27-,28+/m0/s1. The van der Waals surface area contributed by atoms with E-state index in [1.54, 1.807) is 13.0 Å². The van der Waals surface area contributed by atoms with Gasteiger partial charge in [-0.2, -0.15) is 0 Å². The SMILES string of the molecule is C[C@H]1CN2C(=O)[C@H]3/C=C/C=C/[C@H]4[C@@H](C=C[C@H](O[C@@H]5OC[C@@H](O)[C@H](O)[C@H]5N)[C@]4(C)O)/C=C/C=C/[C@H]3[C@@H]2[C@@H]1O. The molecule has 3 heterocycles. The van der Waals surface area contributed by atoms with E-state index < -0.39 is 42.3 Å². The van der Waals surface area contributed by atoms with Gasteiger partial charge in [0.25, 0.3) is 0 Å². The Balaban J connectivity index is 1.38. The molecule has 2 aliphatic carbocycles. The van der Waals surface area contributed by atoms with Crippen molar-refractivity contribution in [2.24, 2.45) is 35.3 Å². The molecule has 37 heavy (non-hydrogen) atoms. The number of aliphatic hydroxyl groups excluding tert-OH is 3. The van der Waals surface area contributed by atoms with Crippen LogP contribution in [0.5, 0.6) is 0 Å². The number of hydrogen-bond donors (Lipinski definition) is 5. The Labute approximate surface area is 217 Å². The van der Waals surface area contributed by atoms with E-state index in [9.17, 15) is 25.2 Å². The number of ether oxygens (including phenoxy) is 2. The second kappa shape index (κ2) is 10.2. The first-order valence-electron chi connectivity index (χ1n) is 13.1. The maximum atomic E-state index is 13.1. The Kier molecular flexibility index (Phi) is 7.32. The van der Waals surface area contributed by atoms with Crippen molar-refractivity contribution >= 4 is 5.91 Å². The zero-order valence-electron chi connectivity index (χ0n) is 21.2. The smallest absolute Gasteiger partial charge is 0.230 e. The molecule has 0 aromatic rings. The molecule has 202 valence electrons. The van der Waals surface area contributed by atoms with E-state index in [-0.39, 0.29) is 48.1 Å². The fourth-order valence-corrected chi connectivity index (χ4v) is 6.41. The average Bonchev–Trinajstić information content (AvgIpc) is 3.28. The van der Waals surface area contributed by atoms with Gasteiger partial charge in [-0.1, -0.05) is 67.7 Å². The number of allylic oxidation sites excluding steroid dienone is 6. The van der Waals surface area contributed by atoms with Gasteiger partial charge >= 0.3 is 0 Å². The molecule has 0 unspecified atom stereocenters. The van der Waals surface area contributed by atoms with Crippen LogP contribution in [0, 0.1) is 29.6 Å². The fourth-order valence-electron chi connectivity index (χ4n) is 6.41. The lowest BCUT2D eigenvalue weighted by molar-refractivity contribution is -0.260. The zero-order chi connectivity index (χ0) is 26.5. The van der Waals surface area contributed by atoms with Gasteiger partial charge in [0.2, 0.25) is 5.91 Å². The summed E-state index contributed by atoms with van der Waals surface area (Å²) in [5.74, 6) is -0.890. The van der Waals surface area contributed by atoms with Crippen molar-refractivity contribution in [2.75, 3.05) is 13.2 Å². The summed E-state index contributed by atoms with van der Waals surface area (Å²) in [6.07, 6.45) is 14.5. The lowest BCUT2D eigenvalue weighted by atomic mass is 9.71. The minimum Gasteiger partial charge on any atom is -0.391 e. The molecular weight excluding hydrogens is 476 g/mol. The normalized spacial score (nSPS) is 52.8. The van der Waals surface area contributed by atoms with Crippen LogP contribution in [0.1, 0.15) is 13.8 Å². The molecule has 0 aromatic heterocycles. The minimum atomic E-state index is -1.35. The Bertz CT molecular complexity index is 1020. The molecule has 0 bridgehead atoms. The van der Waals surface area contributed by atoms with Crippen LogP contribution in [0.15, 0.2) is 60.8 Å². The van der Waals surface area contributed by atoms with Crippen molar-refractivity contribution in [1.82, 2.24) is 4.90 Å². The van der Waals surface area contributed by atoms with Crippen LogP contribution in [0.25, 0.3) is 0 Å². The van der Waals surface area contributed by atoms with Gasteiger partial charge in [-0.3, -0.25) is 4.79 Å². The summed E-state index contributed by atoms with van der Waals surface area (Å²) in [7, 11) is 0. The van der Waals surface area contributed by atoms with Crippen LogP contribution >= 0.6 is 0 Å². The summed E-state index contributed by atoms with van der Waals surface area (Å²) >= 11 is 0. The van der Waals surface area contributed by atoms with Gasteiger partial charge in [0.1, 0.15) is 18.3 Å². The predicted molar refractivity (Wildman–Crippen MR) is 136 cm³/mol. The van der Waals surface area contributed by atoms with E-state index in [2.05, 4.69) is 0 Å². The summed E-state index contributed by atoms with van der Waals surface area (Å²) < 4.78 is 11.5. The van der Waals surface area contributed by atoms with Gasteiger partial charge in [0, 0.05) is 30.2 Å². The highest BCUT2D eigenvalue weighted by molar-refractivity contribution is 5.85. The van der Waals surface area contributed by atoms with Crippen LogP contribution < -0.4 is 5.73 Å². The van der Waals surface area contributed by atoms with Gasteiger partial charge in [-0.25, -0.2) is 0 Å². The van der Waals surface area contributed by atoms with Crippen molar-refractivity contribution in [3.8, 4) is 0 Å². The number of nitrogens with two attached hydrogens (primary N) is 1. The number of aliphatic hydroxyl groups is 4. The highest BCUT2D eigenvalue weighted by atomic mass is 16.7. The number of amides is 1. The summed E-state index contributed by atoms with van der Waals surface area (Å²) in [5.41, 5.74) is 4.67. The van der Waals surface area contributed by atoms with Gasteiger partial charge < -0.3 is 40.5 Å². The van der Waals surface area contributed by atoms with Crippen LogP contribution in [-0.4, -0.2) is 92.8 Å². The molecule has 3 aliphatic heterocycles. The molecule has 9 heteroatoms. The second-order valence-corrected chi connectivity index (χ2v) is 11.2. The van der Waals surface area contributed by atoms with Gasteiger partial charge in [-0.15, -0.1) is 0 Å².